The predicted molar refractivity (Wildman–Crippen MR) is 43.1 cm³/mol. The summed E-state index contributed by atoms with van der Waals surface area (Å²) in [5, 5.41) is 10.5. The minimum Gasteiger partial charge on any atom is -0.410 e. The van der Waals surface area contributed by atoms with E-state index in [1.165, 1.54) is 12.1 Å². The third-order valence-corrected chi connectivity index (χ3v) is 1.52. The van der Waals surface area contributed by atoms with E-state index in [0.29, 0.717) is 5.69 Å². The Kier molecular flexibility index (Phi) is 2.60. The van der Waals surface area contributed by atoms with E-state index in [-0.39, 0.29) is 10.9 Å². The van der Waals surface area contributed by atoms with Crippen molar-refractivity contribution in [2.75, 3.05) is 0 Å². The first-order valence-corrected chi connectivity index (χ1v) is 3.54. The van der Waals surface area contributed by atoms with E-state index in [4.69, 9.17) is 16.8 Å². The van der Waals surface area contributed by atoms with E-state index in [2.05, 4.69) is 10.1 Å². The Morgan fingerprint density at radius 2 is 2.33 bits per heavy atom. The second-order valence-electron chi connectivity index (χ2n) is 2.17. The van der Waals surface area contributed by atoms with Gasteiger partial charge in [0.05, 0.1) is 0 Å². The number of hydrogen-bond acceptors (Lipinski definition) is 3. The average Bonchev–Trinajstić information content (AvgIpc) is 2.08. The molecule has 0 aromatic carbocycles. The number of halogens is 2. The normalized spacial score (nSPS) is 11.8. The molecule has 64 valence electrons. The number of nitrogens with zero attached hydrogens (tertiary/aromatic N) is 2. The van der Waals surface area contributed by atoms with Gasteiger partial charge in [0.15, 0.2) is 11.0 Å². The Balaban J connectivity index is 3.23. The van der Waals surface area contributed by atoms with Gasteiger partial charge in [-0.3, -0.25) is 0 Å². The Hall–Kier alpha value is -1.16. The second kappa shape index (κ2) is 3.49. The molecule has 1 aromatic heterocycles. The van der Waals surface area contributed by atoms with Gasteiger partial charge in [-0.25, -0.2) is 9.37 Å². The SMILES string of the molecule is Cc1ccc(F)c(/C(Cl)=N/O)n1. The van der Waals surface area contributed by atoms with Crippen molar-refractivity contribution in [2.45, 2.75) is 6.92 Å². The van der Waals surface area contributed by atoms with Gasteiger partial charge in [-0.2, -0.15) is 0 Å². The molecular formula is C7H6ClFN2O. The van der Waals surface area contributed by atoms with Gasteiger partial charge in [-0.05, 0) is 19.1 Å². The lowest BCUT2D eigenvalue weighted by Crippen LogP contribution is -2.01. The van der Waals surface area contributed by atoms with Crippen LogP contribution in [-0.4, -0.2) is 15.4 Å². The minimum absolute atomic E-state index is 0.140. The molecule has 1 rings (SSSR count). The van der Waals surface area contributed by atoms with Crippen LogP contribution in [0.4, 0.5) is 4.39 Å². The molecule has 0 bridgehead atoms. The summed E-state index contributed by atoms with van der Waals surface area (Å²) >= 11 is 5.37. The van der Waals surface area contributed by atoms with Gasteiger partial charge in [-0.15, -0.1) is 0 Å². The van der Waals surface area contributed by atoms with Crippen molar-refractivity contribution in [3.63, 3.8) is 0 Å². The molecule has 0 amide bonds. The Morgan fingerprint density at radius 3 is 2.92 bits per heavy atom. The lowest BCUT2D eigenvalue weighted by Gasteiger charge is -1.98. The monoisotopic (exact) mass is 188 g/mol. The van der Waals surface area contributed by atoms with Gasteiger partial charge in [0.25, 0.3) is 0 Å². The maximum absolute atomic E-state index is 12.9. The van der Waals surface area contributed by atoms with Crippen LogP contribution >= 0.6 is 11.6 Å². The molecule has 3 nitrogen and oxygen atoms in total. The summed E-state index contributed by atoms with van der Waals surface area (Å²) in [5.74, 6) is -0.608. The van der Waals surface area contributed by atoms with E-state index < -0.39 is 5.82 Å². The fourth-order valence-electron chi connectivity index (χ4n) is 0.732. The van der Waals surface area contributed by atoms with Crippen LogP contribution in [-0.2, 0) is 0 Å². The molecular weight excluding hydrogens is 183 g/mol. The Labute approximate surface area is 73.5 Å². The van der Waals surface area contributed by atoms with Gasteiger partial charge in [0, 0.05) is 5.69 Å². The van der Waals surface area contributed by atoms with Crippen LogP contribution < -0.4 is 0 Å². The van der Waals surface area contributed by atoms with Crippen LogP contribution in [0.5, 0.6) is 0 Å². The third-order valence-electron chi connectivity index (χ3n) is 1.27. The zero-order valence-electron chi connectivity index (χ0n) is 6.25. The maximum atomic E-state index is 12.9. The van der Waals surface area contributed by atoms with E-state index in [9.17, 15) is 4.39 Å². The molecule has 5 heteroatoms. The summed E-state index contributed by atoms with van der Waals surface area (Å²) in [4.78, 5) is 3.75. The zero-order chi connectivity index (χ0) is 9.14. The maximum Gasteiger partial charge on any atom is 0.196 e. The molecule has 0 atom stereocenters. The molecule has 1 N–H and O–H groups in total. The molecule has 0 saturated carbocycles. The van der Waals surface area contributed by atoms with E-state index in [1.807, 2.05) is 0 Å². The molecule has 0 aliphatic carbocycles. The summed E-state index contributed by atoms with van der Waals surface area (Å²) in [5.41, 5.74) is 0.465. The topological polar surface area (TPSA) is 45.5 Å². The van der Waals surface area contributed by atoms with Crippen LogP contribution in [0.3, 0.4) is 0 Å². The van der Waals surface area contributed by atoms with Crippen molar-refractivity contribution in [3.05, 3.63) is 29.3 Å². The van der Waals surface area contributed by atoms with Crippen molar-refractivity contribution in [2.24, 2.45) is 5.16 Å². The Morgan fingerprint density at radius 1 is 1.67 bits per heavy atom. The second-order valence-corrected chi connectivity index (χ2v) is 2.53. The van der Waals surface area contributed by atoms with E-state index >= 15 is 0 Å². The molecule has 0 aliphatic rings. The van der Waals surface area contributed by atoms with Crippen LogP contribution in [0.2, 0.25) is 0 Å². The first-order chi connectivity index (χ1) is 5.65. The van der Waals surface area contributed by atoms with Gasteiger partial charge >= 0.3 is 0 Å². The highest BCUT2D eigenvalue weighted by Crippen LogP contribution is 2.08. The highest BCUT2D eigenvalue weighted by Gasteiger charge is 2.09. The first kappa shape index (κ1) is 8.93. The highest BCUT2D eigenvalue weighted by molar-refractivity contribution is 6.69. The molecule has 0 unspecified atom stereocenters. The molecule has 1 heterocycles. The van der Waals surface area contributed by atoms with Gasteiger partial charge in [-0.1, -0.05) is 16.8 Å². The van der Waals surface area contributed by atoms with E-state index in [1.54, 1.807) is 6.92 Å². The van der Waals surface area contributed by atoms with Crippen molar-refractivity contribution in [1.82, 2.24) is 4.98 Å². The molecule has 0 spiro atoms. The fourth-order valence-corrected chi connectivity index (χ4v) is 0.864. The summed E-state index contributed by atoms with van der Waals surface area (Å²) in [6.45, 7) is 1.69. The predicted octanol–water partition coefficient (Wildman–Crippen LogP) is 1.90. The van der Waals surface area contributed by atoms with Gasteiger partial charge in [0.1, 0.15) is 5.69 Å². The summed E-state index contributed by atoms with van der Waals surface area (Å²) in [7, 11) is 0. The third kappa shape index (κ3) is 1.71. The number of oxime groups is 1. The van der Waals surface area contributed by atoms with Crippen LogP contribution in [0, 0.1) is 12.7 Å². The van der Waals surface area contributed by atoms with Gasteiger partial charge < -0.3 is 5.21 Å². The number of hydrogen-bond donors (Lipinski definition) is 1. The zero-order valence-corrected chi connectivity index (χ0v) is 7.01. The van der Waals surface area contributed by atoms with Crippen LogP contribution in [0.25, 0.3) is 0 Å². The smallest absolute Gasteiger partial charge is 0.196 e. The lowest BCUT2D eigenvalue weighted by molar-refractivity contribution is 0.320. The minimum atomic E-state index is -0.608. The molecule has 12 heavy (non-hydrogen) atoms. The molecule has 0 aliphatic heterocycles. The number of aromatic nitrogens is 1. The summed E-state index contributed by atoms with van der Waals surface area (Å²) in [6, 6.07) is 2.71. The largest absolute Gasteiger partial charge is 0.410 e. The summed E-state index contributed by atoms with van der Waals surface area (Å²) < 4.78 is 12.9. The molecule has 1 aromatic rings. The standard InChI is InChI=1S/C7H6ClFN2O/c1-4-2-3-5(9)6(10-4)7(8)11-12/h2-3,12H,1H3/b11-7-. The molecule has 0 radical (unpaired) electrons. The lowest BCUT2D eigenvalue weighted by atomic mass is 10.3. The van der Waals surface area contributed by atoms with Crippen LogP contribution in [0.1, 0.15) is 11.4 Å². The van der Waals surface area contributed by atoms with Crippen molar-refractivity contribution in [1.29, 1.82) is 0 Å². The van der Waals surface area contributed by atoms with Crippen molar-refractivity contribution < 1.29 is 9.60 Å². The van der Waals surface area contributed by atoms with Crippen molar-refractivity contribution >= 4 is 16.8 Å². The first-order valence-electron chi connectivity index (χ1n) is 3.16. The van der Waals surface area contributed by atoms with E-state index in [0.717, 1.165) is 0 Å². The molecule has 0 fully saturated rings. The number of rotatable bonds is 1. The quantitative estimate of drug-likeness (QED) is 0.416. The van der Waals surface area contributed by atoms with Crippen LogP contribution in [0.15, 0.2) is 17.3 Å². The Bertz CT molecular complexity index is 327. The van der Waals surface area contributed by atoms with Crippen molar-refractivity contribution in [3.8, 4) is 0 Å². The summed E-state index contributed by atoms with van der Waals surface area (Å²) in [6.07, 6.45) is 0. The number of aryl methyl sites for hydroxylation is 1. The fraction of sp³-hybridized carbons (Fsp3) is 0.143. The van der Waals surface area contributed by atoms with Gasteiger partial charge in [0.2, 0.25) is 0 Å². The molecule has 0 saturated heterocycles. The highest BCUT2D eigenvalue weighted by atomic mass is 35.5. The number of pyridine rings is 1. The average molecular weight is 189 g/mol.